The summed E-state index contributed by atoms with van der Waals surface area (Å²) in [4.78, 5) is 11.0. The van der Waals surface area contributed by atoms with Crippen LogP contribution in [0, 0.1) is 11.9 Å². The van der Waals surface area contributed by atoms with Crippen LogP contribution in [0.25, 0.3) is 0 Å². The second-order valence-electron chi connectivity index (χ2n) is 9.61. The van der Waals surface area contributed by atoms with Crippen LogP contribution in [0.1, 0.15) is 67.0 Å². The first-order valence-corrected chi connectivity index (χ1v) is 11.3. The molecule has 0 aromatic carbocycles. The molecule has 2 unspecified atom stereocenters. The summed E-state index contributed by atoms with van der Waals surface area (Å²) in [6.07, 6.45) is 9.64. The van der Waals surface area contributed by atoms with E-state index in [0.29, 0.717) is 30.2 Å². The Morgan fingerprint density at radius 3 is 2.77 bits per heavy atom. The summed E-state index contributed by atoms with van der Waals surface area (Å²) in [5.74, 6) is 0.0940. The topological polar surface area (TPSA) is 58.5 Å². The molecule has 6 rings (SSSR count). The average molecular weight is 410 g/mol. The lowest BCUT2D eigenvalue weighted by Gasteiger charge is -2.45. The Morgan fingerprint density at radius 1 is 1.10 bits per heavy atom. The number of pyridine rings is 2. The van der Waals surface area contributed by atoms with Gasteiger partial charge in [-0.2, -0.15) is 4.39 Å². The lowest BCUT2D eigenvalue weighted by Crippen LogP contribution is -2.51. The maximum atomic E-state index is 14.6. The van der Waals surface area contributed by atoms with Gasteiger partial charge in [-0.25, -0.2) is 4.98 Å². The molecule has 2 saturated heterocycles. The van der Waals surface area contributed by atoms with Crippen molar-refractivity contribution in [1.29, 1.82) is 0 Å². The number of halogens is 1. The van der Waals surface area contributed by atoms with Crippen molar-refractivity contribution in [2.45, 2.75) is 75.3 Å². The van der Waals surface area contributed by atoms with Gasteiger partial charge in [0.1, 0.15) is 5.60 Å². The molecule has 2 bridgehead atoms. The second-order valence-corrected chi connectivity index (χ2v) is 9.61. The highest BCUT2D eigenvalue weighted by Crippen LogP contribution is 2.52. The van der Waals surface area contributed by atoms with Crippen molar-refractivity contribution < 1.29 is 14.2 Å². The summed E-state index contributed by atoms with van der Waals surface area (Å²) in [6.45, 7) is 1.49. The van der Waals surface area contributed by atoms with Crippen molar-refractivity contribution in [3.8, 4) is 0 Å². The van der Waals surface area contributed by atoms with Crippen LogP contribution in [-0.2, 0) is 23.4 Å². The van der Waals surface area contributed by atoms with E-state index in [4.69, 9.17) is 4.74 Å². The van der Waals surface area contributed by atoms with Gasteiger partial charge in [0.05, 0.1) is 18.4 Å². The fourth-order valence-electron chi connectivity index (χ4n) is 6.61. The zero-order chi connectivity index (χ0) is 20.3. The van der Waals surface area contributed by atoms with Gasteiger partial charge in [-0.1, -0.05) is 6.07 Å². The summed E-state index contributed by atoms with van der Waals surface area (Å²) < 4.78 is 20.9. The zero-order valence-electron chi connectivity index (χ0n) is 17.1. The molecule has 5 nitrogen and oxygen atoms in total. The van der Waals surface area contributed by atoms with E-state index in [9.17, 15) is 9.50 Å². The number of nitrogens with zero attached hydrogens (tertiary/aromatic N) is 3. The van der Waals surface area contributed by atoms with Crippen molar-refractivity contribution >= 4 is 0 Å². The van der Waals surface area contributed by atoms with Crippen LogP contribution < -0.4 is 0 Å². The highest BCUT2D eigenvalue weighted by molar-refractivity contribution is 5.35. The summed E-state index contributed by atoms with van der Waals surface area (Å²) in [6, 6.07) is 6.79. The number of aliphatic hydroxyl groups excluding tert-OH is 1. The van der Waals surface area contributed by atoms with Crippen molar-refractivity contribution in [1.82, 2.24) is 14.9 Å². The molecule has 0 saturated carbocycles. The third kappa shape index (κ3) is 2.92. The first kappa shape index (κ1) is 18.8. The Labute approximate surface area is 176 Å². The third-order valence-electron chi connectivity index (χ3n) is 7.94. The van der Waals surface area contributed by atoms with Crippen molar-refractivity contribution in [2.24, 2.45) is 5.92 Å². The SMILES string of the molecule is O[C@H]1C[C@H](CN2C3CCC2CC2(C3)OCc3ccnc(F)c32)CCc2cccnc21. The van der Waals surface area contributed by atoms with Crippen molar-refractivity contribution in [3.63, 3.8) is 0 Å². The quantitative estimate of drug-likeness (QED) is 0.606. The van der Waals surface area contributed by atoms with Crippen LogP contribution in [0.15, 0.2) is 30.6 Å². The van der Waals surface area contributed by atoms with E-state index >= 15 is 0 Å². The van der Waals surface area contributed by atoms with Gasteiger partial charge in [-0.15, -0.1) is 0 Å². The third-order valence-corrected chi connectivity index (χ3v) is 7.94. The highest BCUT2D eigenvalue weighted by atomic mass is 19.1. The molecule has 2 aromatic heterocycles. The predicted molar refractivity (Wildman–Crippen MR) is 109 cm³/mol. The number of aliphatic hydroxyl groups is 1. The zero-order valence-corrected chi connectivity index (χ0v) is 17.1. The maximum Gasteiger partial charge on any atom is 0.219 e. The van der Waals surface area contributed by atoms with Gasteiger partial charge in [-0.05, 0) is 74.1 Å². The Kier molecular flexibility index (Phi) is 4.44. The van der Waals surface area contributed by atoms with E-state index in [2.05, 4.69) is 20.9 Å². The molecule has 1 spiro atoms. The Bertz CT molecular complexity index is 953. The van der Waals surface area contributed by atoms with Gasteiger partial charge in [0.25, 0.3) is 0 Å². The Balaban J connectivity index is 1.20. The van der Waals surface area contributed by atoms with Gasteiger partial charge >= 0.3 is 0 Å². The average Bonchev–Trinajstić information content (AvgIpc) is 3.14. The minimum atomic E-state index is -0.501. The number of rotatable bonds is 2. The van der Waals surface area contributed by atoms with Crippen LogP contribution in [-0.4, -0.2) is 38.6 Å². The van der Waals surface area contributed by atoms with Gasteiger partial charge in [0.2, 0.25) is 5.95 Å². The second kappa shape index (κ2) is 7.08. The van der Waals surface area contributed by atoms with Crippen LogP contribution in [0.5, 0.6) is 0 Å². The smallest absolute Gasteiger partial charge is 0.219 e. The van der Waals surface area contributed by atoms with Crippen LogP contribution in [0.2, 0.25) is 0 Å². The molecule has 4 aliphatic rings. The molecular weight excluding hydrogens is 381 g/mol. The van der Waals surface area contributed by atoms with E-state index in [1.54, 1.807) is 12.4 Å². The standard InChI is InChI=1S/C24H28FN3O2/c25-23-21-17(7-9-27-23)14-30-24(21)11-18-5-6-19(12-24)28(18)13-15-3-4-16-2-1-8-26-22(16)20(29)10-15/h1-2,7-9,15,18-20,29H,3-6,10-14H2/t15-,18?,19?,20+,24?/m1/s1. The van der Waals surface area contributed by atoms with Gasteiger partial charge in [0, 0.05) is 36.6 Å². The summed E-state index contributed by atoms with van der Waals surface area (Å²) in [5, 5.41) is 10.7. The minimum Gasteiger partial charge on any atom is -0.387 e. The van der Waals surface area contributed by atoms with Crippen molar-refractivity contribution in [3.05, 3.63) is 58.9 Å². The summed E-state index contributed by atoms with van der Waals surface area (Å²) in [5.41, 5.74) is 3.23. The number of hydrogen-bond acceptors (Lipinski definition) is 5. The maximum absolute atomic E-state index is 14.6. The Morgan fingerprint density at radius 2 is 1.93 bits per heavy atom. The molecule has 6 heteroatoms. The number of piperidine rings is 1. The lowest BCUT2D eigenvalue weighted by molar-refractivity contribution is -0.104. The van der Waals surface area contributed by atoms with E-state index in [-0.39, 0.29) is 5.95 Å². The molecule has 0 amide bonds. The van der Waals surface area contributed by atoms with Crippen molar-refractivity contribution in [2.75, 3.05) is 6.54 Å². The fraction of sp³-hybridized carbons (Fsp3) is 0.583. The van der Waals surface area contributed by atoms with E-state index < -0.39 is 11.7 Å². The monoisotopic (exact) mass is 409 g/mol. The molecule has 1 N–H and O–H groups in total. The van der Waals surface area contributed by atoms with Crippen LogP contribution in [0.3, 0.4) is 0 Å². The van der Waals surface area contributed by atoms with E-state index in [1.807, 2.05) is 12.1 Å². The van der Waals surface area contributed by atoms with Gasteiger partial charge in [-0.3, -0.25) is 9.88 Å². The van der Waals surface area contributed by atoms with Gasteiger partial charge < -0.3 is 9.84 Å². The first-order chi connectivity index (χ1) is 14.6. The summed E-state index contributed by atoms with van der Waals surface area (Å²) >= 11 is 0. The number of aryl methyl sites for hydroxylation is 1. The fourth-order valence-corrected chi connectivity index (χ4v) is 6.61. The number of hydrogen-bond donors (Lipinski definition) is 1. The van der Waals surface area contributed by atoms with Gasteiger partial charge in [0.15, 0.2) is 0 Å². The lowest BCUT2D eigenvalue weighted by atomic mass is 9.80. The normalized spacial score (nSPS) is 35.3. The van der Waals surface area contributed by atoms with E-state index in [0.717, 1.165) is 62.7 Å². The van der Waals surface area contributed by atoms with Crippen LogP contribution in [0.4, 0.5) is 4.39 Å². The number of ether oxygens (including phenoxy) is 1. The predicted octanol–water partition coefficient (Wildman–Crippen LogP) is 3.65. The van der Waals surface area contributed by atoms with Crippen LogP contribution >= 0.6 is 0 Å². The molecule has 30 heavy (non-hydrogen) atoms. The highest BCUT2D eigenvalue weighted by Gasteiger charge is 2.54. The largest absolute Gasteiger partial charge is 0.387 e. The van der Waals surface area contributed by atoms with E-state index in [1.165, 1.54) is 5.56 Å². The number of aromatic nitrogens is 2. The summed E-state index contributed by atoms with van der Waals surface area (Å²) in [7, 11) is 0. The Hall–Kier alpha value is -1.89. The minimum absolute atomic E-state index is 0.352. The molecule has 1 aliphatic carbocycles. The number of fused-ring (bicyclic) bond motifs is 5. The molecule has 5 heterocycles. The molecule has 4 atom stereocenters. The molecule has 0 radical (unpaired) electrons. The molecular formula is C24H28FN3O2. The first-order valence-electron chi connectivity index (χ1n) is 11.3. The molecule has 2 aromatic rings. The molecule has 158 valence electrons. The molecule has 2 fully saturated rings. The molecule has 3 aliphatic heterocycles.